The van der Waals surface area contributed by atoms with Gasteiger partial charge < -0.3 is 39.2 Å². The maximum absolute atomic E-state index is 16.7. The number of likely N-dealkylation sites (tertiary alicyclic amines) is 2. The molecule has 0 radical (unpaired) electrons. The summed E-state index contributed by atoms with van der Waals surface area (Å²) in [4.78, 5) is 80.6. The number of pyridine rings is 2. The van der Waals surface area contributed by atoms with Crippen molar-refractivity contribution >= 4 is 50.7 Å². The highest BCUT2D eigenvalue weighted by atomic mass is 32.1. The fraction of sp³-hybridized carbons (Fsp3) is 0.506. The Bertz CT molecular complexity index is 4060. The first kappa shape index (κ1) is 88.1. The molecule has 4 aromatic carbocycles. The minimum absolute atomic E-state index is 0. The molecule has 6 aromatic rings. The molecule has 2 aliphatic heterocycles. The Labute approximate surface area is 610 Å². The number of rotatable bonds is 26. The van der Waals surface area contributed by atoms with Crippen molar-refractivity contribution in [3.8, 4) is 22.3 Å². The van der Waals surface area contributed by atoms with Gasteiger partial charge in [0, 0.05) is 78.3 Å². The van der Waals surface area contributed by atoms with E-state index in [9.17, 15) is 64.6 Å². The third-order valence-corrected chi connectivity index (χ3v) is 18.4. The van der Waals surface area contributed by atoms with Crippen LogP contribution in [0.5, 0.6) is 0 Å². The number of benzene rings is 4. The Hall–Kier alpha value is -7.26. The van der Waals surface area contributed by atoms with Crippen molar-refractivity contribution in [1.29, 1.82) is 0 Å². The van der Waals surface area contributed by atoms with Gasteiger partial charge in [0.1, 0.15) is 29.3 Å². The van der Waals surface area contributed by atoms with Crippen LogP contribution >= 0.6 is 27.0 Å². The molecule has 0 saturated carbocycles. The van der Waals surface area contributed by atoms with E-state index < -0.39 is 142 Å². The zero-order valence-electron chi connectivity index (χ0n) is 61.1. The zero-order chi connectivity index (χ0) is 75.4. The second kappa shape index (κ2) is 38.1. The van der Waals surface area contributed by atoms with Gasteiger partial charge in [-0.05, 0) is 214 Å². The van der Waals surface area contributed by atoms with Crippen LogP contribution in [-0.2, 0) is 53.8 Å². The second-order valence-corrected chi connectivity index (χ2v) is 27.5. The van der Waals surface area contributed by atoms with E-state index >= 15 is 13.2 Å². The Kier molecular flexibility index (Phi) is 32.6. The first-order chi connectivity index (χ1) is 47.2. The standard InChI is InChI=1S/C39H47F5N2O4.C21H22F5NO2.C17H26N2O3.2H2S/c1-8-50-34(49)19-28(36-37(40)29(20-30(38(36)41)39(42,43)44)35-25(6)15-23(4)16-26(35)7)18-32(47)31(14-22(2)3)46-21-27(24(5)17-33(46)48)10-13-45-11-9-12-45;1-5-29-16(28)9-15(27)18-19(22)13(8-14(20(18)23)21(24,25)26)17-11(3)6-10(2)7-12(17)4;1-12(2)9-15(17(21)22)19-11-14(13(3)10-16(19)20)5-8-18-6-4-7-18;;/h15-17,20-22,28,31H,8-14,18-19H2,1-7H3;6-8,15H,5,9,27H2,1-4H3;10-12,15H,4-9H2,1-3H3,(H,21,22);2*1H2/t28-,31?;15-;;;/m00.../s1. The van der Waals surface area contributed by atoms with Crippen molar-refractivity contribution in [3.63, 3.8) is 0 Å². The number of carboxylic acids is 1. The molecule has 2 saturated heterocycles. The van der Waals surface area contributed by atoms with Crippen LogP contribution in [0.25, 0.3) is 22.3 Å². The molecular formula is C77H99F10N5O9S2. The minimum Gasteiger partial charge on any atom is -0.480 e. The molecule has 568 valence electrons. The van der Waals surface area contributed by atoms with E-state index in [4.69, 9.17) is 15.2 Å². The highest BCUT2D eigenvalue weighted by Crippen LogP contribution is 2.45. The number of carbonyl (C=O) groups excluding carboxylic acids is 3. The topological polar surface area (TPSA) is 183 Å². The number of aromatic nitrogens is 2. The van der Waals surface area contributed by atoms with Gasteiger partial charge in [-0.3, -0.25) is 24.0 Å². The van der Waals surface area contributed by atoms with Crippen LogP contribution in [0.1, 0.15) is 188 Å². The van der Waals surface area contributed by atoms with E-state index in [1.165, 1.54) is 35.5 Å². The van der Waals surface area contributed by atoms with Crippen molar-refractivity contribution in [3.05, 3.63) is 183 Å². The lowest BCUT2D eigenvalue weighted by molar-refractivity contribution is -0.144. The Morgan fingerprint density at radius 1 is 0.515 bits per heavy atom. The highest BCUT2D eigenvalue weighted by molar-refractivity contribution is 7.59. The number of esters is 2. The monoisotopic (exact) mass is 1490 g/mol. The Morgan fingerprint density at radius 3 is 1.22 bits per heavy atom. The predicted octanol–water partition coefficient (Wildman–Crippen LogP) is 16.4. The van der Waals surface area contributed by atoms with Crippen LogP contribution in [-0.4, -0.2) is 100 Å². The normalized spacial score (nSPS) is 14.3. The first-order valence-electron chi connectivity index (χ1n) is 34.2. The Morgan fingerprint density at radius 2 is 0.874 bits per heavy atom. The number of ether oxygens (including phenoxy) is 2. The first-order valence-corrected chi connectivity index (χ1v) is 34.2. The summed E-state index contributed by atoms with van der Waals surface area (Å²) in [6, 6.07) is 7.18. The molecule has 3 N–H and O–H groups in total. The SMILES string of the molecule is CCOC(=O)C[C@H](CC(=O)C(CC(C)C)n1cc(CCN2CCC2)c(C)cc1=O)c1c(F)c(-c2c(C)cc(C)cc2C)cc(C(F)(F)F)c1F.CCOC(=O)C[C@H](N)c1c(F)c(-c2c(C)cc(C)cc2C)cc(C(F)(F)F)c1F.Cc1cc(=O)n(C(CC(C)C)C(=O)O)cc1CCN1CCC1.S.S. The van der Waals surface area contributed by atoms with E-state index in [0.717, 1.165) is 85.5 Å². The number of aryl methyl sites for hydroxylation is 8. The van der Waals surface area contributed by atoms with Crippen LogP contribution in [0.2, 0.25) is 0 Å². The van der Waals surface area contributed by atoms with Crippen molar-refractivity contribution in [2.45, 2.75) is 191 Å². The largest absolute Gasteiger partial charge is 0.480 e. The summed E-state index contributed by atoms with van der Waals surface area (Å²) in [5.41, 5.74) is 6.57. The number of nitrogens with zero attached hydrogens (tertiary/aromatic N) is 4. The molecule has 2 unspecified atom stereocenters. The van der Waals surface area contributed by atoms with Crippen molar-refractivity contribution in [2.75, 3.05) is 52.5 Å². The van der Waals surface area contributed by atoms with Gasteiger partial charge in [-0.1, -0.05) is 63.1 Å². The molecule has 103 heavy (non-hydrogen) atoms. The molecule has 8 rings (SSSR count). The van der Waals surface area contributed by atoms with Crippen LogP contribution in [0.4, 0.5) is 43.9 Å². The molecule has 4 heterocycles. The van der Waals surface area contributed by atoms with Crippen LogP contribution in [0.15, 0.2) is 70.5 Å². The number of alkyl halides is 6. The molecule has 0 spiro atoms. The molecule has 2 fully saturated rings. The maximum Gasteiger partial charge on any atom is 0.419 e. The smallest absolute Gasteiger partial charge is 0.419 e. The van der Waals surface area contributed by atoms with Gasteiger partial charge in [-0.15, -0.1) is 0 Å². The third kappa shape index (κ3) is 22.9. The average molecular weight is 1490 g/mol. The predicted molar refractivity (Wildman–Crippen MR) is 390 cm³/mol. The molecule has 0 bridgehead atoms. The van der Waals surface area contributed by atoms with Gasteiger partial charge in [-0.2, -0.15) is 53.3 Å². The number of aliphatic carboxylic acids is 1. The summed E-state index contributed by atoms with van der Waals surface area (Å²) in [7, 11) is 0. The van der Waals surface area contributed by atoms with E-state index in [1.807, 2.05) is 41.5 Å². The molecular weight excluding hydrogens is 1390 g/mol. The van der Waals surface area contributed by atoms with Gasteiger partial charge >= 0.3 is 30.3 Å². The van der Waals surface area contributed by atoms with Crippen LogP contribution < -0.4 is 16.9 Å². The van der Waals surface area contributed by atoms with Crippen molar-refractivity contribution < 1.29 is 77.7 Å². The van der Waals surface area contributed by atoms with Gasteiger partial charge in [0.15, 0.2) is 5.78 Å². The molecule has 2 aromatic heterocycles. The lowest BCUT2D eigenvalue weighted by Gasteiger charge is -2.31. The zero-order valence-corrected chi connectivity index (χ0v) is 63.1. The number of carbonyl (C=O) groups is 4. The number of Topliss-reactive ketones (excluding diaryl/α,β-unsaturated/α-hetero) is 1. The summed E-state index contributed by atoms with van der Waals surface area (Å²) < 4.78 is 159. The number of halogens is 10. The van der Waals surface area contributed by atoms with Crippen molar-refractivity contribution in [1.82, 2.24) is 18.9 Å². The molecule has 4 atom stereocenters. The van der Waals surface area contributed by atoms with Gasteiger partial charge in [0.25, 0.3) is 11.1 Å². The molecule has 14 nitrogen and oxygen atoms in total. The summed E-state index contributed by atoms with van der Waals surface area (Å²) >= 11 is 0. The highest BCUT2D eigenvalue weighted by Gasteiger charge is 2.42. The Balaban J connectivity index is 0.000000358. The van der Waals surface area contributed by atoms with E-state index in [1.54, 1.807) is 84.3 Å². The molecule has 0 amide bonds. The minimum atomic E-state index is -5.21. The number of hydrogen-bond acceptors (Lipinski definition) is 11. The maximum atomic E-state index is 16.7. The van der Waals surface area contributed by atoms with Crippen LogP contribution in [0.3, 0.4) is 0 Å². The second-order valence-electron chi connectivity index (χ2n) is 27.5. The fourth-order valence-corrected chi connectivity index (χ4v) is 13.3. The lowest BCUT2D eigenvalue weighted by atomic mass is 9.82. The number of carboxylic acid groups (broad SMARTS) is 1. The van der Waals surface area contributed by atoms with Gasteiger partial charge in [0.05, 0.1) is 43.2 Å². The lowest BCUT2D eigenvalue weighted by Crippen LogP contribution is -2.38. The third-order valence-electron chi connectivity index (χ3n) is 18.4. The average Bonchev–Trinajstić information content (AvgIpc) is 0.759. The van der Waals surface area contributed by atoms with Crippen molar-refractivity contribution in [2.24, 2.45) is 17.6 Å². The van der Waals surface area contributed by atoms with E-state index in [-0.39, 0.29) is 75.1 Å². The summed E-state index contributed by atoms with van der Waals surface area (Å²) in [5, 5.41) is 9.46. The van der Waals surface area contributed by atoms with Gasteiger partial charge in [0.2, 0.25) is 0 Å². The molecule has 2 aliphatic rings. The summed E-state index contributed by atoms with van der Waals surface area (Å²) in [6.45, 7) is 30.5. The summed E-state index contributed by atoms with van der Waals surface area (Å²) in [5.74, 6) is -11.1. The van der Waals surface area contributed by atoms with Crippen LogP contribution in [0, 0.1) is 90.5 Å². The van der Waals surface area contributed by atoms with E-state index in [2.05, 4.69) is 9.80 Å². The molecule has 0 aliphatic carbocycles. The summed E-state index contributed by atoms with van der Waals surface area (Å²) in [6.07, 6.45) is -4.47. The number of ketones is 1. The number of nitrogens with two attached hydrogens (primary N) is 1. The van der Waals surface area contributed by atoms with E-state index in [0.29, 0.717) is 47.2 Å². The number of hydrogen-bond donors (Lipinski definition) is 2. The molecule has 26 heteroatoms. The van der Waals surface area contributed by atoms with Gasteiger partial charge in [-0.25, -0.2) is 22.4 Å². The quantitative estimate of drug-likeness (QED) is 0.0388. The fourth-order valence-electron chi connectivity index (χ4n) is 13.3.